The molecule has 0 fully saturated rings. The van der Waals surface area contributed by atoms with Gasteiger partial charge in [0.15, 0.2) is 11.5 Å². The summed E-state index contributed by atoms with van der Waals surface area (Å²) in [4.78, 5) is 12.8. The number of aromatic nitrogens is 5. The van der Waals surface area contributed by atoms with Gasteiger partial charge in [-0.05, 0) is 17.5 Å². The molecule has 0 bridgehead atoms. The lowest BCUT2D eigenvalue weighted by Gasteiger charge is -2.01. The summed E-state index contributed by atoms with van der Waals surface area (Å²) < 4.78 is 28.9. The molecule has 126 valence electrons. The van der Waals surface area contributed by atoms with Gasteiger partial charge in [0.2, 0.25) is 0 Å². The van der Waals surface area contributed by atoms with Gasteiger partial charge in [-0.25, -0.2) is 28.4 Å². The highest BCUT2D eigenvalue weighted by Gasteiger charge is 2.18. The van der Waals surface area contributed by atoms with Gasteiger partial charge in [-0.2, -0.15) is 5.10 Å². The van der Waals surface area contributed by atoms with Crippen LogP contribution in [-0.2, 0) is 6.54 Å². The van der Waals surface area contributed by atoms with Gasteiger partial charge >= 0.3 is 0 Å². The number of nitrogens with two attached hydrogens (primary N) is 2. The standard InChI is InChI=1S/C15H11F2N7S/c16-7-3-8-13(14-21-11(18)4-12(19)22-14)23-24(15(8)20-5-7)6-10-9(17)1-2-25-10/h1-5H,6H2,(H4,18,19,21,22). The first kappa shape index (κ1) is 15.4. The lowest BCUT2D eigenvalue weighted by molar-refractivity contribution is 0.599. The van der Waals surface area contributed by atoms with Crippen molar-refractivity contribution in [3.8, 4) is 11.5 Å². The Hall–Kier alpha value is -3.14. The molecule has 0 saturated carbocycles. The van der Waals surface area contributed by atoms with E-state index in [0.29, 0.717) is 15.9 Å². The largest absolute Gasteiger partial charge is 0.384 e. The molecule has 0 amide bonds. The Bertz CT molecular complexity index is 1070. The molecular formula is C15H11F2N7S. The Kier molecular flexibility index (Phi) is 3.53. The zero-order valence-corrected chi connectivity index (χ0v) is 13.5. The van der Waals surface area contributed by atoms with E-state index in [-0.39, 0.29) is 35.5 Å². The first-order valence-electron chi connectivity index (χ1n) is 7.15. The molecule has 4 aromatic heterocycles. The fourth-order valence-electron chi connectivity index (χ4n) is 2.47. The summed E-state index contributed by atoms with van der Waals surface area (Å²) in [6.07, 6.45) is 1.07. The first-order valence-corrected chi connectivity index (χ1v) is 8.03. The smallest absolute Gasteiger partial charge is 0.184 e. The number of halogens is 2. The summed E-state index contributed by atoms with van der Waals surface area (Å²) in [5, 5.41) is 6.43. The van der Waals surface area contributed by atoms with Gasteiger partial charge in [-0.3, -0.25) is 0 Å². The minimum atomic E-state index is -0.535. The summed E-state index contributed by atoms with van der Waals surface area (Å²) >= 11 is 1.26. The zero-order valence-electron chi connectivity index (χ0n) is 12.6. The van der Waals surface area contributed by atoms with Crippen LogP contribution in [0.25, 0.3) is 22.6 Å². The Morgan fingerprint density at radius 3 is 2.56 bits per heavy atom. The molecule has 4 N–H and O–H groups in total. The van der Waals surface area contributed by atoms with Crippen LogP contribution in [0.5, 0.6) is 0 Å². The van der Waals surface area contributed by atoms with Gasteiger partial charge in [0, 0.05) is 6.07 Å². The fraction of sp³-hybridized carbons (Fsp3) is 0.0667. The molecule has 0 atom stereocenters. The normalized spacial score (nSPS) is 11.3. The Morgan fingerprint density at radius 1 is 1.12 bits per heavy atom. The summed E-state index contributed by atoms with van der Waals surface area (Å²) in [7, 11) is 0. The van der Waals surface area contributed by atoms with Crippen molar-refractivity contribution in [3.05, 3.63) is 46.3 Å². The lowest BCUT2D eigenvalue weighted by atomic mass is 10.2. The summed E-state index contributed by atoms with van der Waals surface area (Å²) in [6.45, 7) is 0.149. The first-order chi connectivity index (χ1) is 12.0. The average molecular weight is 359 g/mol. The van der Waals surface area contributed by atoms with Crippen LogP contribution in [0.4, 0.5) is 20.4 Å². The molecule has 0 aliphatic carbocycles. The maximum absolute atomic E-state index is 13.8. The third-order valence-electron chi connectivity index (χ3n) is 3.52. The van der Waals surface area contributed by atoms with Crippen molar-refractivity contribution in [2.75, 3.05) is 11.5 Å². The van der Waals surface area contributed by atoms with Crippen LogP contribution < -0.4 is 11.5 Å². The predicted octanol–water partition coefficient (Wildman–Crippen LogP) is 2.44. The van der Waals surface area contributed by atoms with Crippen molar-refractivity contribution < 1.29 is 8.78 Å². The van der Waals surface area contributed by atoms with E-state index in [1.165, 1.54) is 34.2 Å². The van der Waals surface area contributed by atoms with Gasteiger partial charge in [-0.1, -0.05) is 0 Å². The van der Waals surface area contributed by atoms with Crippen molar-refractivity contribution in [3.63, 3.8) is 0 Å². The van der Waals surface area contributed by atoms with Gasteiger partial charge in [0.1, 0.15) is 29.0 Å². The van der Waals surface area contributed by atoms with E-state index in [9.17, 15) is 8.78 Å². The second-order valence-electron chi connectivity index (χ2n) is 5.26. The average Bonchev–Trinajstić information content (AvgIpc) is 3.11. The molecule has 0 aliphatic rings. The van der Waals surface area contributed by atoms with Crippen LogP contribution in [0.15, 0.2) is 29.8 Å². The molecule has 10 heteroatoms. The molecule has 0 radical (unpaired) electrons. The number of pyridine rings is 1. The van der Waals surface area contributed by atoms with E-state index in [4.69, 9.17) is 11.5 Å². The zero-order chi connectivity index (χ0) is 17.6. The van der Waals surface area contributed by atoms with Gasteiger partial charge in [0.05, 0.1) is 23.0 Å². The minimum Gasteiger partial charge on any atom is -0.384 e. The van der Waals surface area contributed by atoms with Crippen LogP contribution in [0.2, 0.25) is 0 Å². The number of thiophene rings is 1. The maximum Gasteiger partial charge on any atom is 0.184 e. The quantitative estimate of drug-likeness (QED) is 0.582. The number of anilines is 2. The topological polar surface area (TPSA) is 109 Å². The van der Waals surface area contributed by atoms with Gasteiger partial charge in [0.25, 0.3) is 0 Å². The van der Waals surface area contributed by atoms with Crippen LogP contribution in [0.1, 0.15) is 4.88 Å². The Labute approximate surface area is 144 Å². The number of hydrogen-bond acceptors (Lipinski definition) is 7. The molecule has 0 unspecified atom stereocenters. The molecule has 4 rings (SSSR count). The molecule has 25 heavy (non-hydrogen) atoms. The molecule has 0 spiro atoms. The third-order valence-corrected chi connectivity index (χ3v) is 4.40. The van der Waals surface area contributed by atoms with E-state index in [0.717, 1.165) is 6.20 Å². The molecule has 7 nitrogen and oxygen atoms in total. The number of fused-ring (bicyclic) bond motifs is 1. The third kappa shape index (κ3) is 2.76. The summed E-state index contributed by atoms with van der Waals surface area (Å²) in [5.74, 6) is -0.382. The van der Waals surface area contributed by atoms with E-state index >= 15 is 0 Å². The second kappa shape index (κ2) is 5.74. The van der Waals surface area contributed by atoms with E-state index in [2.05, 4.69) is 20.1 Å². The van der Waals surface area contributed by atoms with E-state index in [1.807, 2.05) is 0 Å². The molecule has 0 saturated heterocycles. The molecule has 0 aliphatic heterocycles. The van der Waals surface area contributed by atoms with E-state index in [1.54, 1.807) is 5.38 Å². The van der Waals surface area contributed by atoms with Crippen LogP contribution in [0, 0.1) is 11.6 Å². The Balaban J connectivity index is 1.92. The van der Waals surface area contributed by atoms with Crippen molar-refractivity contribution in [2.45, 2.75) is 6.54 Å². The monoisotopic (exact) mass is 359 g/mol. The summed E-state index contributed by atoms with van der Waals surface area (Å²) in [5.41, 5.74) is 12.1. The summed E-state index contributed by atoms with van der Waals surface area (Å²) in [6, 6.07) is 4.05. The highest BCUT2D eigenvalue weighted by Crippen LogP contribution is 2.27. The van der Waals surface area contributed by atoms with Crippen LogP contribution in [-0.4, -0.2) is 24.7 Å². The number of nitrogen functional groups attached to an aromatic ring is 2. The second-order valence-corrected chi connectivity index (χ2v) is 6.26. The molecular weight excluding hydrogens is 348 g/mol. The molecule has 4 heterocycles. The SMILES string of the molecule is Nc1cc(N)nc(-c2nn(Cc3sccc3F)c3ncc(F)cc23)n1. The number of nitrogens with zero attached hydrogens (tertiary/aromatic N) is 5. The van der Waals surface area contributed by atoms with E-state index < -0.39 is 5.82 Å². The Morgan fingerprint density at radius 2 is 1.88 bits per heavy atom. The molecule has 4 aromatic rings. The van der Waals surface area contributed by atoms with Crippen molar-refractivity contribution in [2.24, 2.45) is 0 Å². The fourth-order valence-corrected chi connectivity index (χ4v) is 3.20. The maximum atomic E-state index is 13.8. The minimum absolute atomic E-state index is 0.149. The predicted molar refractivity (Wildman–Crippen MR) is 90.7 cm³/mol. The highest BCUT2D eigenvalue weighted by molar-refractivity contribution is 7.09. The van der Waals surface area contributed by atoms with Crippen molar-refractivity contribution >= 4 is 34.0 Å². The van der Waals surface area contributed by atoms with Crippen LogP contribution in [0.3, 0.4) is 0 Å². The lowest BCUT2D eigenvalue weighted by Crippen LogP contribution is -2.04. The number of hydrogen-bond donors (Lipinski definition) is 2. The van der Waals surface area contributed by atoms with Gasteiger partial charge in [-0.15, -0.1) is 11.3 Å². The highest BCUT2D eigenvalue weighted by atomic mass is 32.1. The van der Waals surface area contributed by atoms with Gasteiger partial charge < -0.3 is 11.5 Å². The number of rotatable bonds is 3. The van der Waals surface area contributed by atoms with Crippen molar-refractivity contribution in [1.29, 1.82) is 0 Å². The molecule has 0 aromatic carbocycles. The van der Waals surface area contributed by atoms with Crippen LogP contribution >= 0.6 is 11.3 Å². The van der Waals surface area contributed by atoms with Crippen molar-refractivity contribution in [1.82, 2.24) is 24.7 Å².